The lowest BCUT2D eigenvalue weighted by atomic mass is 10.2. The third-order valence-electron chi connectivity index (χ3n) is 2.17. The number of hydrogen-bond donors (Lipinski definition) is 1. The van der Waals surface area contributed by atoms with Gasteiger partial charge in [0.15, 0.2) is 0 Å². The van der Waals surface area contributed by atoms with Crippen LogP contribution in [0, 0.1) is 5.92 Å². The molecule has 1 saturated carbocycles. The lowest BCUT2D eigenvalue weighted by molar-refractivity contribution is 0.469. The Morgan fingerprint density at radius 2 is 1.91 bits per heavy atom. The summed E-state index contributed by atoms with van der Waals surface area (Å²) in [5.41, 5.74) is 0. The first kappa shape index (κ1) is 10.9. The predicted octanol–water partition coefficient (Wildman–Crippen LogP) is 2.57. The molecular formula is C9H22FN. The van der Waals surface area contributed by atoms with Crippen LogP contribution >= 0.6 is 0 Å². The predicted molar refractivity (Wildman–Crippen MR) is 49.7 cm³/mol. The number of nitrogens with one attached hydrogen (secondary N) is 1. The molecule has 1 N–H and O–H groups in total. The molecule has 0 aromatic heterocycles. The SMILES string of the molecule is CC(C)CNC1CCCC1.F.[HH]. The van der Waals surface area contributed by atoms with E-state index in [0.29, 0.717) is 0 Å². The monoisotopic (exact) mass is 163 g/mol. The van der Waals surface area contributed by atoms with Crippen LogP contribution in [0.15, 0.2) is 0 Å². The topological polar surface area (TPSA) is 12.0 Å². The molecule has 2 heteroatoms. The summed E-state index contributed by atoms with van der Waals surface area (Å²) < 4.78 is 0. The first-order valence-corrected chi connectivity index (χ1v) is 4.52. The fourth-order valence-electron chi connectivity index (χ4n) is 1.53. The molecule has 0 atom stereocenters. The van der Waals surface area contributed by atoms with Crippen molar-refractivity contribution in [2.45, 2.75) is 45.6 Å². The standard InChI is InChI=1S/C9H19N.FH.H2/c1-8(2)7-10-9-5-3-4-6-9;;/h8-10H,3-7H2,1-2H3;2*1H. The second-order valence-corrected chi connectivity index (χ2v) is 3.78. The van der Waals surface area contributed by atoms with Crippen LogP contribution in [0.5, 0.6) is 0 Å². The minimum Gasteiger partial charge on any atom is -0.314 e. The Morgan fingerprint density at radius 1 is 1.36 bits per heavy atom. The summed E-state index contributed by atoms with van der Waals surface area (Å²) in [5, 5.41) is 3.58. The van der Waals surface area contributed by atoms with E-state index < -0.39 is 0 Å². The molecule has 0 amide bonds. The summed E-state index contributed by atoms with van der Waals surface area (Å²) in [5.74, 6) is 0.806. The Kier molecular flexibility index (Phi) is 5.47. The highest BCUT2D eigenvalue weighted by molar-refractivity contribution is 4.73. The molecule has 11 heavy (non-hydrogen) atoms. The zero-order chi connectivity index (χ0) is 7.40. The van der Waals surface area contributed by atoms with Gasteiger partial charge >= 0.3 is 0 Å². The molecule has 0 aromatic rings. The smallest absolute Gasteiger partial charge is 0.00671 e. The van der Waals surface area contributed by atoms with Gasteiger partial charge in [-0.15, -0.1) is 0 Å². The van der Waals surface area contributed by atoms with E-state index in [1.807, 2.05) is 0 Å². The van der Waals surface area contributed by atoms with E-state index in [2.05, 4.69) is 19.2 Å². The van der Waals surface area contributed by atoms with Gasteiger partial charge in [-0.25, -0.2) is 0 Å². The van der Waals surface area contributed by atoms with Crippen molar-refractivity contribution in [2.75, 3.05) is 6.54 Å². The van der Waals surface area contributed by atoms with E-state index in [1.54, 1.807) is 0 Å². The molecule has 70 valence electrons. The maximum Gasteiger partial charge on any atom is 0.00671 e. The van der Waals surface area contributed by atoms with Gasteiger partial charge in [0.1, 0.15) is 0 Å². The summed E-state index contributed by atoms with van der Waals surface area (Å²) in [6.45, 7) is 5.73. The molecule has 1 rings (SSSR count). The quantitative estimate of drug-likeness (QED) is 0.674. The summed E-state index contributed by atoms with van der Waals surface area (Å²) in [4.78, 5) is 0. The summed E-state index contributed by atoms with van der Waals surface area (Å²) in [6, 6.07) is 0.849. The molecule has 1 aliphatic rings. The van der Waals surface area contributed by atoms with Crippen molar-refractivity contribution in [1.29, 1.82) is 0 Å². The lowest BCUT2D eigenvalue weighted by Crippen LogP contribution is -2.29. The molecule has 0 bridgehead atoms. The lowest BCUT2D eigenvalue weighted by Gasteiger charge is -2.13. The fraction of sp³-hybridized carbons (Fsp3) is 1.00. The molecule has 0 aromatic carbocycles. The maximum atomic E-state index is 3.58. The Morgan fingerprint density at radius 3 is 2.36 bits per heavy atom. The number of hydrogen-bond acceptors (Lipinski definition) is 1. The van der Waals surface area contributed by atoms with Crippen molar-refractivity contribution in [3.8, 4) is 0 Å². The Bertz CT molecular complexity index is 92.5. The Hall–Kier alpha value is -0.110. The van der Waals surface area contributed by atoms with E-state index >= 15 is 0 Å². The molecule has 0 radical (unpaired) electrons. The van der Waals surface area contributed by atoms with Crippen molar-refractivity contribution in [2.24, 2.45) is 5.92 Å². The largest absolute Gasteiger partial charge is 0.314 e. The minimum absolute atomic E-state index is 0. The average molecular weight is 163 g/mol. The van der Waals surface area contributed by atoms with Crippen LogP contribution in [0.2, 0.25) is 0 Å². The summed E-state index contributed by atoms with van der Waals surface area (Å²) in [7, 11) is 0. The second-order valence-electron chi connectivity index (χ2n) is 3.78. The van der Waals surface area contributed by atoms with E-state index in [1.165, 1.54) is 32.2 Å². The normalized spacial score (nSPS) is 18.8. The van der Waals surface area contributed by atoms with Gasteiger partial charge < -0.3 is 5.32 Å². The van der Waals surface area contributed by atoms with Crippen molar-refractivity contribution in [1.82, 2.24) is 5.32 Å². The summed E-state index contributed by atoms with van der Waals surface area (Å²) in [6.07, 6.45) is 5.70. The first-order valence-electron chi connectivity index (χ1n) is 4.52. The third kappa shape index (κ3) is 4.35. The van der Waals surface area contributed by atoms with Gasteiger partial charge in [0, 0.05) is 7.47 Å². The number of rotatable bonds is 3. The van der Waals surface area contributed by atoms with Crippen molar-refractivity contribution in [3.63, 3.8) is 0 Å². The van der Waals surface area contributed by atoms with Gasteiger partial charge in [-0.3, -0.25) is 4.70 Å². The highest BCUT2D eigenvalue weighted by Gasteiger charge is 2.13. The molecule has 0 aliphatic heterocycles. The van der Waals surface area contributed by atoms with E-state index in [4.69, 9.17) is 0 Å². The van der Waals surface area contributed by atoms with Gasteiger partial charge in [0.2, 0.25) is 0 Å². The van der Waals surface area contributed by atoms with Crippen LogP contribution < -0.4 is 5.32 Å². The fourth-order valence-corrected chi connectivity index (χ4v) is 1.53. The molecule has 1 nitrogen and oxygen atoms in total. The first-order chi connectivity index (χ1) is 4.79. The van der Waals surface area contributed by atoms with E-state index in [9.17, 15) is 0 Å². The van der Waals surface area contributed by atoms with E-state index in [-0.39, 0.29) is 6.13 Å². The van der Waals surface area contributed by atoms with Gasteiger partial charge in [0.05, 0.1) is 0 Å². The van der Waals surface area contributed by atoms with Gasteiger partial charge in [-0.2, -0.15) is 0 Å². The van der Waals surface area contributed by atoms with Crippen LogP contribution in [0.25, 0.3) is 0 Å². The molecule has 0 unspecified atom stereocenters. The molecule has 1 fully saturated rings. The Balaban J connectivity index is 0. The zero-order valence-electron chi connectivity index (χ0n) is 7.60. The van der Waals surface area contributed by atoms with Crippen LogP contribution in [0.4, 0.5) is 4.70 Å². The van der Waals surface area contributed by atoms with Crippen LogP contribution in [0.1, 0.15) is 41.0 Å². The molecule has 0 spiro atoms. The highest BCUT2D eigenvalue weighted by Crippen LogP contribution is 2.17. The van der Waals surface area contributed by atoms with Crippen molar-refractivity contribution < 1.29 is 6.13 Å². The summed E-state index contributed by atoms with van der Waals surface area (Å²) >= 11 is 0. The molecular weight excluding hydrogens is 141 g/mol. The van der Waals surface area contributed by atoms with Gasteiger partial charge in [-0.05, 0) is 25.3 Å². The minimum atomic E-state index is 0. The molecule has 0 saturated heterocycles. The van der Waals surface area contributed by atoms with Gasteiger partial charge in [-0.1, -0.05) is 26.7 Å². The van der Waals surface area contributed by atoms with Crippen molar-refractivity contribution >= 4 is 0 Å². The van der Waals surface area contributed by atoms with Crippen LogP contribution in [-0.4, -0.2) is 12.6 Å². The highest BCUT2D eigenvalue weighted by atomic mass is 19.0. The van der Waals surface area contributed by atoms with Crippen LogP contribution in [0.3, 0.4) is 0 Å². The molecule has 0 heterocycles. The van der Waals surface area contributed by atoms with Gasteiger partial charge in [0.25, 0.3) is 0 Å². The van der Waals surface area contributed by atoms with E-state index in [0.717, 1.165) is 12.0 Å². The maximum absolute atomic E-state index is 3.58. The Labute approximate surface area is 70.4 Å². The third-order valence-corrected chi connectivity index (χ3v) is 2.17. The van der Waals surface area contributed by atoms with Crippen LogP contribution in [-0.2, 0) is 0 Å². The molecule has 1 aliphatic carbocycles. The van der Waals surface area contributed by atoms with Crippen molar-refractivity contribution in [3.05, 3.63) is 0 Å². The zero-order valence-corrected chi connectivity index (χ0v) is 7.60. The average Bonchev–Trinajstić information content (AvgIpc) is 2.34. The second kappa shape index (κ2) is 5.53. The number of halogens is 1.